The molecule has 2 aliphatic rings. The number of hydrogen-bond donors (Lipinski definition) is 0. The molecule has 0 saturated carbocycles. The van der Waals surface area contributed by atoms with Crippen LogP contribution in [0.4, 0.5) is 0 Å². The van der Waals surface area contributed by atoms with E-state index >= 15 is 0 Å². The molecule has 2 aliphatic heterocycles. The van der Waals surface area contributed by atoms with Crippen molar-refractivity contribution in [3.05, 3.63) is 57.8 Å². The van der Waals surface area contributed by atoms with E-state index in [9.17, 15) is 9.59 Å². The summed E-state index contributed by atoms with van der Waals surface area (Å²) < 4.78 is 12.3. The molecule has 1 unspecified atom stereocenters. The molecule has 34 heavy (non-hydrogen) atoms. The van der Waals surface area contributed by atoms with Crippen LogP contribution in [0.3, 0.4) is 0 Å². The zero-order chi connectivity index (χ0) is 24.1. The van der Waals surface area contributed by atoms with Gasteiger partial charge in [0.25, 0.3) is 5.91 Å². The molecule has 0 spiro atoms. The summed E-state index contributed by atoms with van der Waals surface area (Å²) >= 11 is 12.1. The monoisotopic (exact) mass is 505 g/mol. The highest BCUT2D eigenvalue weighted by atomic mass is 35.5. The lowest BCUT2D eigenvalue weighted by molar-refractivity contribution is -0.153. The number of amides is 2. The molecule has 182 valence electrons. The van der Waals surface area contributed by atoms with Crippen LogP contribution >= 0.6 is 23.2 Å². The van der Waals surface area contributed by atoms with Gasteiger partial charge in [-0.15, -0.1) is 0 Å². The Kier molecular flexibility index (Phi) is 7.96. The minimum atomic E-state index is -0.970. The number of morpholine rings is 1. The van der Waals surface area contributed by atoms with E-state index in [2.05, 4.69) is 4.98 Å². The highest BCUT2D eigenvalue weighted by Gasteiger charge is 2.42. The summed E-state index contributed by atoms with van der Waals surface area (Å²) in [6.07, 6.45) is 4.74. The van der Waals surface area contributed by atoms with Crippen LogP contribution in [-0.2, 0) is 9.53 Å². The van der Waals surface area contributed by atoms with Gasteiger partial charge in [0.15, 0.2) is 0 Å². The molecular formula is C25H29Cl2N3O4. The Morgan fingerprint density at radius 2 is 1.88 bits per heavy atom. The molecule has 0 bridgehead atoms. The second-order valence-electron chi connectivity index (χ2n) is 8.94. The molecule has 2 amide bonds. The number of likely N-dealkylation sites (tertiary alicyclic amines) is 1. The molecule has 2 saturated heterocycles. The van der Waals surface area contributed by atoms with Gasteiger partial charge in [0.2, 0.25) is 5.91 Å². The maximum absolute atomic E-state index is 13.2. The number of piperidine rings is 1. The van der Waals surface area contributed by atoms with E-state index in [-0.39, 0.29) is 31.4 Å². The van der Waals surface area contributed by atoms with Crippen molar-refractivity contribution >= 4 is 35.0 Å². The number of ether oxygens (including phenoxy) is 2. The van der Waals surface area contributed by atoms with Gasteiger partial charge >= 0.3 is 0 Å². The van der Waals surface area contributed by atoms with E-state index in [4.69, 9.17) is 32.7 Å². The number of benzene rings is 1. The van der Waals surface area contributed by atoms with Crippen LogP contribution in [0.2, 0.25) is 10.0 Å². The first-order chi connectivity index (χ1) is 16.3. The van der Waals surface area contributed by atoms with Gasteiger partial charge in [0.05, 0.1) is 24.6 Å². The second-order valence-corrected chi connectivity index (χ2v) is 9.78. The maximum Gasteiger partial charge on any atom is 0.272 e. The Labute approximate surface area is 209 Å². The van der Waals surface area contributed by atoms with Gasteiger partial charge in [-0.3, -0.25) is 9.59 Å². The third kappa shape index (κ3) is 6.01. The molecule has 1 aromatic carbocycles. The standard InChI is InChI=1S/C25H29Cl2N3O4/c1-18-13-20(6-7-21(18)27)33-17-25(14-23(31)29-9-3-2-4-10-29)16-30(11-12-34-25)24(32)22-8-5-19(26)15-28-22/h5-8,13,15H,2-4,9-12,14,16-17H2,1H3. The van der Waals surface area contributed by atoms with Gasteiger partial charge in [-0.1, -0.05) is 23.2 Å². The quantitative estimate of drug-likeness (QED) is 0.581. The van der Waals surface area contributed by atoms with Crippen molar-refractivity contribution in [2.24, 2.45) is 0 Å². The predicted molar refractivity (Wildman–Crippen MR) is 131 cm³/mol. The molecule has 2 fully saturated rings. The molecule has 3 heterocycles. The van der Waals surface area contributed by atoms with E-state index in [1.54, 1.807) is 29.2 Å². The summed E-state index contributed by atoms with van der Waals surface area (Å²) in [5.74, 6) is 0.435. The van der Waals surface area contributed by atoms with Gasteiger partial charge in [-0.25, -0.2) is 4.98 Å². The Balaban J connectivity index is 1.53. The van der Waals surface area contributed by atoms with Crippen LogP contribution in [0.15, 0.2) is 36.5 Å². The van der Waals surface area contributed by atoms with Crippen molar-refractivity contribution in [3.8, 4) is 5.75 Å². The topological polar surface area (TPSA) is 72.0 Å². The van der Waals surface area contributed by atoms with Crippen molar-refractivity contribution < 1.29 is 19.1 Å². The van der Waals surface area contributed by atoms with E-state index in [1.807, 2.05) is 17.9 Å². The van der Waals surface area contributed by atoms with E-state index in [0.717, 1.165) is 37.9 Å². The van der Waals surface area contributed by atoms with E-state index in [0.29, 0.717) is 34.6 Å². The Bertz CT molecular complexity index is 1030. The average molecular weight is 506 g/mol. The molecule has 1 atom stereocenters. The molecule has 0 N–H and O–H groups in total. The van der Waals surface area contributed by atoms with Crippen LogP contribution in [0.5, 0.6) is 5.75 Å². The first-order valence-electron chi connectivity index (χ1n) is 11.6. The Morgan fingerprint density at radius 1 is 1.09 bits per heavy atom. The van der Waals surface area contributed by atoms with Gasteiger partial charge in [-0.2, -0.15) is 0 Å². The van der Waals surface area contributed by atoms with E-state index < -0.39 is 5.60 Å². The number of rotatable bonds is 6. The van der Waals surface area contributed by atoms with Crippen LogP contribution in [0.1, 0.15) is 41.7 Å². The summed E-state index contributed by atoms with van der Waals surface area (Å²) in [6, 6.07) is 8.67. The average Bonchev–Trinajstić information content (AvgIpc) is 2.85. The number of aromatic nitrogens is 1. The molecule has 2 aromatic rings. The molecular weight excluding hydrogens is 477 g/mol. The first-order valence-corrected chi connectivity index (χ1v) is 12.3. The lowest BCUT2D eigenvalue weighted by Gasteiger charge is -2.43. The molecule has 9 heteroatoms. The number of carbonyl (C=O) groups is 2. The van der Waals surface area contributed by atoms with Gasteiger partial charge in [0, 0.05) is 30.9 Å². The fourth-order valence-corrected chi connectivity index (χ4v) is 4.61. The number of nitrogens with zero attached hydrogens (tertiary/aromatic N) is 3. The predicted octanol–water partition coefficient (Wildman–Crippen LogP) is 4.39. The van der Waals surface area contributed by atoms with E-state index in [1.165, 1.54) is 6.20 Å². The van der Waals surface area contributed by atoms with Crippen LogP contribution in [0, 0.1) is 6.92 Å². The highest BCUT2D eigenvalue weighted by Crippen LogP contribution is 2.28. The molecule has 7 nitrogen and oxygen atoms in total. The normalized spacial score (nSPS) is 20.8. The lowest BCUT2D eigenvalue weighted by atomic mass is 9.96. The van der Waals surface area contributed by atoms with Crippen molar-refractivity contribution in [1.29, 1.82) is 0 Å². The minimum absolute atomic E-state index is 0.0227. The van der Waals surface area contributed by atoms with Crippen molar-refractivity contribution in [1.82, 2.24) is 14.8 Å². The maximum atomic E-state index is 13.2. The summed E-state index contributed by atoms with van der Waals surface area (Å²) in [7, 11) is 0. The number of pyridine rings is 1. The SMILES string of the molecule is Cc1cc(OCC2(CC(=O)N3CCCCC3)CN(C(=O)c3ccc(Cl)cn3)CCO2)ccc1Cl. The lowest BCUT2D eigenvalue weighted by Crippen LogP contribution is -2.58. The number of halogens is 2. The van der Waals surface area contributed by atoms with Crippen LogP contribution in [0.25, 0.3) is 0 Å². The third-order valence-corrected chi connectivity index (χ3v) is 6.94. The van der Waals surface area contributed by atoms with Gasteiger partial charge in [-0.05, 0) is 62.1 Å². The highest BCUT2D eigenvalue weighted by molar-refractivity contribution is 6.31. The smallest absolute Gasteiger partial charge is 0.272 e. The molecule has 0 aliphatic carbocycles. The molecule has 4 rings (SSSR count). The first kappa shape index (κ1) is 24.8. The summed E-state index contributed by atoms with van der Waals surface area (Å²) in [6.45, 7) is 4.47. The summed E-state index contributed by atoms with van der Waals surface area (Å²) in [4.78, 5) is 34.1. The van der Waals surface area contributed by atoms with Crippen molar-refractivity contribution in [2.45, 2.75) is 38.2 Å². The Morgan fingerprint density at radius 3 is 2.59 bits per heavy atom. The Hall–Kier alpha value is -2.35. The minimum Gasteiger partial charge on any atom is -0.490 e. The largest absolute Gasteiger partial charge is 0.490 e. The summed E-state index contributed by atoms with van der Waals surface area (Å²) in [5, 5.41) is 1.12. The fraction of sp³-hybridized carbons (Fsp3) is 0.480. The molecule has 0 radical (unpaired) electrons. The van der Waals surface area contributed by atoms with Gasteiger partial charge in [0.1, 0.15) is 23.7 Å². The third-order valence-electron chi connectivity index (χ3n) is 6.30. The summed E-state index contributed by atoms with van der Waals surface area (Å²) in [5.41, 5.74) is 0.229. The van der Waals surface area contributed by atoms with Crippen LogP contribution in [-0.4, -0.2) is 71.6 Å². The number of hydrogen-bond acceptors (Lipinski definition) is 5. The molecule has 1 aromatic heterocycles. The fourth-order valence-electron chi connectivity index (χ4n) is 4.38. The van der Waals surface area contributed by atoms with Crippen molar-refractivity contribution in [3.63, 3.8) is 0 Å². The zero-order valence-corrected chi connectivity index (χ0v) is 20.8. The number of aryl methyl sites for hydroxylation is 1. The number of carbonyl (C=O) groups excluding carboxylic acids is 2. The second kappa shape index (κ2) is 10.9. The van der Waals surface area contributed by atoms with Crippen LogP contribution < -0.4 is 4.74 Å². The zero-order valence-electron chi connectivity index (χ0n) is 19.3. The van der Waals surface area contributed by atoms with Crippen molar-refractivity contribution in [2.75, 3.05) is 39.4 Å². The van der Waals surface area contributed by atoms with Gasteiger partial charge < -0.3 is 19.3 Å².